The highest BCUT2D eigenvalue weighted by molar-refractivity contribution is 5.50. The minimum Gasteiger partial charge on any atom is -0.488 e. The van der Waals surface area contributed by atoms with Crippen LogP contribution in [0.3, 0.4) is 0 Å². The number of para-hydroxylation sites is 1. The SMILES string of the molecule is O=[C]CCCCCOc1c(F)cccc1F. The Bertz CT molecular complexity index is 320. The summed E-state index contributed by atoms with van der Waals surface area (Å²) in [6, 6.07) is 3.59. The van der Waals surface area contributed by atoms with Crippen LogP contribution in [0.25, 0.3) is 0 Å². The first-order valence-electron chi connectivity index (χ1n) is 5.17. The fourth-order valence-corrected chi connectivity index (χ4v) is 1.27. The summed E-state index contributed by atoms with van der Waals surface area (Å²) in [5.74, 6) is -1.72. The maximum absolute atomic E-state index is 13.1. The second kappa shape index (κ2) is 6.93. The first kappa shape index (κ1) is 12.6. The molecule has 0 saturated heterocycles. The topological polar surface area (TPSA) is 26.3 Å². The highest BCUT2D eigenvalue weighted by Gasteiger charge is 2.08. The van der Waals surface area contributed by atoms with Crippen LogP contribution in [0, 0.1) is 11.6 Å². The van der Waals surface area contributed by atoms with Crippen molar-refractivity contribution in [1.29, 1.82) is 0 Å². The molecule has 1 radical (unpaired) electrons. The molecule has 16 heavy (non-hydrogen) atoms. The third-order valence-corrected chi connectivity index (χ3v) is 2.09. The highest BCUT2D eigenvalue weighted by atomic mass is 19.1. The van der Waals surface area contributed by atoms with Gasteiger partial charge < -0.3 is 4.74 Å². The molecule has 0 aliphatic heterocycles. The molecule has 1 aromatic carbocycles. The van der Waals surface area contributed by atoms with E-state index in [0.717, 1.165) is 25.0 Å². The van der Waals surface area contributed by atoms with Gasteiger partial charge in [-0.25, -0.2) is 8.78 Å². The molecule has 1 aromatic rings. The molecule has 0 aliphatic rings. The van der Waals surface area contributed by atoms with Crippen molar-refractivity contribution >= 4 is 6.29 Å². The van der Waals surface area contributed by atoms with Crippen molar-refractivity contribution in [3.8, 4) is 5.75 Å². The Labute approximate surface area is 93.2 Å². The summed E-state index contributed by atoms with van der Waals surface area (Å²) in [6.45, 7) is 0.247. The molecule has 0 fully saturated rings. The maximum atomic E-state index is 13.1. The van der Waals surface area contributed by atoms with E-state index in [1.54, 1.807) is 6.29 Å². The molecule has 4 heteroatoms. The molecule has 0 atom stereocenters. The predicted octanol–water partition coefficient (Wildman–Crippen LogP) is 3.01. The van der Waals surface area contributed by atoms with E-state index in [9.17, 15) is 13.6 Å². The van der Waals surface area contributed by atoms with Crippen molar-refractivity contribution in [2.24, 2.45) is 0 Å². The van der Waals surface area contributed by atoms with E-state index in [-0.39, 0.29) is 12.4 Å². The van der Waals surface area contributed by atoms with E-state index in [1.807, 2.05) is 0 Å². The molecule has 0 bridgehead atoms. The van der Waals surface area contributed by atoms with Crippen LogP contribution in [0.4, 0.5) is 8.78 Å². The zero-order chi connectivity index (χ0) is 11.8. The Morgan fingerprint density at radius 3 is 2.44 bits per heavy atom. The van der Waals surface area contributed by atoms with Gasteiger partial charge in [-0.15, -0.1) is 0 Å². The van der Waals surface area contributed by atoms with Crippen LogP contribution in [0.15, 0.2) is 18.2 Å². The summed E-state index contributed by atoms with van der Waals surface area (Å²) in [4.78, 5) is 9.89. The standard InChI is InChI=1S/C12H13F2O2/c13-10-6-5-7-11(14)12(10)16-9-4-2-1-3-8-15/h5-7H,1-4,9H2. The van der Waals surface area contributed by atoms with Gasteiger partial charge in [0.05, 0.1) is 6.61 Å². The van der Waals surface area contributed by atoms with E-state index in [2.05, 4.69) is 0 Å². The summed E-state index contributed by atoms with van der Waals surface area (Å²) >= 11 is 0. The van der Waals surface area contributed by atoms with Crippen molar-refractivity contribution in [2.45, 2.75) is 25.7 Å². The number of unbranched alkanes of at least 4 members (excludes halogenated alkanes) is 3. The summed E-state index contributed by atoms with van der Waals surface area (Å²) in [6.07, 6.45) is 4.35. The Balaban J connectivity index is 2.29. The minimum atomic E-state index is -0.693. The summed E-state index contributed by atoms with van der Waals surface area (Å²) in [7, 11) is 0. The molecule has 87 valence electrons. The number of rotatable bonds is 7. The minimum absolute atomic E-state index is 0.247. The Kier molecular flexibility index (Phi) is 5.46. The number of halogens is 2. The zero-order valence-electron chi connectivity index (χ0n) is 8.84. The van der Waals surface area contributed by atoms with Crippen LogP contribution in [0.1, 0.15) is 25.7 Å². The van der Waals surface area contributed by atoms with Crippen LogP contribution in [0.2, 0.25) is 0 Å². The highest BCUT2D eigenvalue weighted by Crippen LogP contribution is 2.20. The normalized spacial score (nSPS) is 10.1. The van der Waals surface area contributed by atoms with Gasteiger partial charge in [-0.2, -0.15) is 0 Å². The molecule has 1 rings (SSSR count). The van der Waals surface area contributed by atoms with Gasteiger partial charge in [-0.05, 0) is 31.4 Å². The average Bonchev–Trinajstić information content (AvgIpc) is 2.26. The van der Waals surface area contributed by atoms with Crippen molar-refractivity contribution in [3.63, 3.8) is 0 Å². The zero-order valence-corrected chi connectivity index (χ0v) is 8.84. The number of hydrogen-bond acceptors (Lipinski definition) is 2. The van der Waals surface area contributed by atoms with Gasteiger partial charge in [-0.3, -0.25) is 4.79 Å². The molecule has 0 unspecified atom stereocenters. The Morgan fingerprint density at radius 2 is 1.81 bits per heavy atom. The van der Waals surface area contributed by atoms with Crippen molar-refractivity contribution < 1.29 is 18.3 Å². The Hall–Kier alpha value is -1.45. The monoisotopic (exact) mass is 227 g/mol. The predicted molar refractivity (Wildman–Crippen MR) is 56.0 cm³/mol. The Morgan fingerprint density at radius 1 is 1.12 bits per heavy atom. The van der Waals surface area contributed by atoms with Gasteiger partial charge in [0, 0.05) is 6.42 Å². The first-order chi connectivity index (χ1) is 7.75. The smallest absolute Gasteiger partial charge is 0.198 e. The van der Waals surface area contributed by atoms with Crippen molar-refractivity contribution in [1.82, 2.24) is 0 Å². The molecule has 0 aromatic heterocycles. The van der Waals surface area contributed by atoms with Gasteiger partial charge in [0.2, 0.25) is 0 Å². The third-order valence-electron chi connectivity index (χ3n) is 2.09. The molecule has 0 aliphatic carbocycles. The summed E-state index contributed by atoms with van der Waals surface area (Å²) in [5, 5.41) is 0. The summed E-state index contributed by atoms with van der Waals surface area (Å²) in [5.41, 5.74) is 0. The van der Waals surface area contributed by atoms with Crippen LogP contribution < -0.4 is 4.74 Å². The lowest BCUT2D eigenvalue weighted by Crippen LogP contribution is -2.01. The van der Waals surface area contributed by atoms with Crippen LogP contribution in [0.5, 0.6) is 5.75 Å². The lowest BCUT2D eigenvalue weighted by Gasteiger charge is -2.07. The molecular weight excluding hydrogens is 214 g/mol. The number of ether oxygens (including phenoxy) is 1. The van der Waals surface area contributed by atoms with Crippen LogP contribution >= 0.6 is 0 Å². The average molecular weight is 227 g/mol. The fourth-order valence-electron chi connectivity index (χ4n) is 1.27. The van der Waals surface area contributed by atoms with Crippen LogP contribution in [-0.2, 0) is 4.79 Å². The molecular formula is C12H13F2O2. The molecule has 0 heterocycles. The lowest BCUT2D eigenvalue weighted by atomic mass is 10.2. The summed E-state index contributed by atoms with van der Waals surface area (Å²) < 4.78 is 31.1. The lowest BCUT2D eigenvalue weighted by molar-refractivity contribution is 0.276. The van der Waals surface area contributed by atoms with Gasteiger partial charge in [0.15, 0.2) is 23.7 Å². The molecule has 0 spiro atoms. The van der Waals surface area contributed by atoms with Crippen molar-refractivity contribution in [3.05, 3.63) is 29.8 Å². The van der Waals surface area contributed by atoms with Gasteiger partial charge in [-0.1, -0.05) is 6.07 Å². The van der Waals surface area contributed by atoms with Gasteiger partial charge in [0.25, 0.3) is 0 Å². The van der Waals surface area contributed by atoms with E-state index >= 15 is 0 Å². The second-order valence-corrected chi connectivity index (χ2v) is 3.35. The van der Waals surface area contributed by atoms with Gasteiger partial charge >= 0.3 is 0 Å². The molecule has 0 N–H and O–H groups in total. The van der Waals surface area contributed by atoms with Crippen molar-refractivity contribution in [2.75, 3.05) is 6.61 Å². The third kappa shape index (κ3) is 3.96. The number of hydrogen-bond donors (Lipinski definition) is 0. The maximum Gasteiger partial charge on any atom is 0.198 e. The van der Waals surface area contributed by atoms with E-state index < -0.39 is 11.6 Å². The molecule has 0 amide bonds. The largest absolute Gasteiger partial charge is 0.488 e. The van der Waals surface area contributed by atoms with E-state index in [1.165, 1.54) is 6.07 Å². The number of benzene rings is 1. The molecule has 2 nitrogen and oxygen atoms in total. The van der Waals surface area contributed by atoms with Gasteiger partial charge in [0.1, 0.15) is 0 Å². The number of carbonyl (C=O) groups excluding carboxylic acids is 1. The van der Waals surface area contributed by atoms with E-state index in [4.69, 9.17) is 4.74 Å². The first-order valence-corrected chi connectivity index (χ1v) is 5.17. The molecule has 0 saturated carbocycles. The van der Waals surface area contributed by atoms with Crippen LogP contribution in [-0.4, -0.2) is 12.9 Å². The van der Waals surface area contributed by atoms with E-state index in [0.29, 0.717) is 12.8 Å². The quantitative estimate of drug-likeness (QED) is 0.669. The fraction of sp³-hybridized carbons (Fsp3) is 0.417. The second-order valence-electron chi connectivity index (χ2n) is 3.35.